The number of carbonyl (C=O) groups excluding carboxylic acids is 1. The molecule has 1 atom stereocenters. The van der Waals surface area contributed by atoms with Gasteiger partial charge in [0.05, 0.1) is 5.92 Å². The molecule has 0 bridgehead atoms. The van der Waals surface area contributed by atoms with Crippen LogP contribution in [0.2, 0.25) is 0 Å². The lowest BCUT2D eigenvalue weighted by atomic mass is 10.1. The minimum Gasteiger partial charge on any atom is -0.481 e. The van der Waals surface area contributed by atoms with Crippen molar-refractivity contribution in [2.24, 2.45) is 5.92 Å². The van der Waals surface area contributed by atoms with Crippen molar-refractivity contribution in [1.82, 2.24) is 9.80 Å². The van der Waals surface area contributed by atoms with E-state index < -0.39 is 5.97 Å². The molecule has 1 aliphatic rings. The molecular formula is C9H16N2O3. The highest BCUT2D eigenvalue weighted by atomic mass is 16.4. The molecule has 1 unspecified atom stereocenters. The van der Waals surface area contributed by atoms with E-state index in [-0.39, 0.29) is 11.9 Å². The summed E-state index contributed by atoms with van der Waals surface area (Å²) in [6, 6.07) is -0.0729. The number of nitrogens with zero attached hydrogens (tertiary/aromatic N) is 2. The molecule has 1 heterocycles. The van der Waals surface area contributed by atoms with Gasteiger partial charge in [-0.2, -0.15) is 0 Å². The van der Waals surface area contributed by atoms with Gasteiger partial charge in [-0.3, -0.25) is 4.79 Å². The van der Waals surface area contributed by atoms with Crippen molar-refractivity contribution in [3.8, 4) is 0 Å². The first-order valence-electron chi connectivity index (χ1n) is 4.79. The Morgan fingerprint density at radius 2 is 2.21 bits per heavy atom. The fraction of sp³-hybridized carbons (Fsp3) is 0.778. The van der Waals surface area contributed by atoms with Crippen molar-refractivity contribution in [3.63, 3.8) is 0 Å². The molecule has 0 aromatic heterocycles. The van der Waals surface area contributed by atoms with Crippen LogP contribution in [0.15, 0.2) is 0 Å². The lowest BCUT2D eigenvalue weighted by molar-refractivity contribution is -0.141. The normalized spacial score (nSPS) is 21.0. The first kappa shape index (κ1) is 10.8. The van der Waals surface area contributed by atoms with Gasteiger partial charge in [0.15, 0.2) is 0 Å². The van der Waals surface area contributed by atoms with E-state index in [0.717, 1.165) is 0 Å². The number of rotatable bonds is 2. The van der Waals surface area contributed by atoms with E-state index in [1.165, 1.54) is 0 Å². The predicted octanol–water partition coefficient (Wildman–Crippen LogP) is 0.465. The minimum atomic E-state index is -0.806. The number of carboxylic acid groups (broad SMARTS) is 1. The maximum atomic E-state index is 11.6. The number of carbonyl (C=O) groups is 2. The summed E-state index contributed by atoms with van der Waals surface area (Å²) in [5.41, 5.74) is 0. The Balaban J connectivity index is 2.49. The largest absolute Gasteiger partial charge is 0.481 e. The molecule has 1 N–H and O–H groups in total. The second-order valence-electron chi connectivity index (χ2n) is 3.57. The number of likely N-dealkylation sites (tertiary alicyclic amines) is 1. The zero-order valence-electron chi connectivity index (χ0n) is 8.56. The van der Waals surface area contributed by atoms with Crippen LogP contribution in [0.5, 0.6) is 0 Å². The van der Waals surface area contributed by atoms with Crippen LogP contribution in [0.4, 0.5) is 4.79 Å². The molecule has 0 aromatic rings. The molecule has 0 aliphatic carbocycles. The van der Waals surface area contributed by atoms with Crippen LogP contribution in [-0.4, -0.2) is 53.6 Å². The Kier molecular flexibility index (Phi) is 3.33. The summed E-state index contributed by atoms with van der Waals surface area (Å²) in [5.74, 6) is -1.19. The van der Waals surface area contributed by atoms with E-state index in [0.29, 0.717) is 26.1 Å². The standard InChI is InChI=1S/C9H16N2O3/c1-3-10(2)9(14)11-5-4-7(6-11)8(12)13/h7H,3-6H2,1-2H3,(H,12,13). The number of amides is 2. The summed E-state index contributed by atoms with van der Waals surface area (Å²) in [7, 11) is 1.72. The van der Waals surface area contributed by atoms with Gasteiger partial charge in [0.25, 0.3) is 0 Å². The van der Waals surface area contributed by atoms with Gasteiger partial charge >= 0.3 is 12.0 Å². The molecule has 0 saturated carbocycles. The summed E-state index contributed by atoms with van der Waals surface area (Å²) < 4.78 is 0. The van der Waals surface area contributed by atoms with Gasteiger partial charge in [0.1, 0.15) is 0 Å². The summed E-state index contributed by atoms with van der Waals surface area (Å²) >= 11 is 0. The van der Waals surface area contributed by atoms with Crippen molar-refractivity contribution < 1.29 is 14.7 Å². The Morgan fingerprint density at radius 3 is 2.64 bits per heavy atom. The van der Waals surface area contributed by atoms with Crippen LogP contribution in [0.25, 0.3) is 0 Å². The quantitative estimate of drug-likeness (QED) is 0.704. The van der Waals surface area contributed by atoms with Crippen LogP contribution in [-0.2, 0) is 4.79 Å². The molecule has 5 heteroatoms. The first-order chi connectivity index (χ1) is 6.56. The van der Waals surface area contributed by atoms with Gasteiger partial charge in [0.2, 0.25) is 0 Å². The molecule has 1 saturated heterocycles. The van der Waals surface area contributed by atoms with Gasteiger partial charge in [-0.05, 0) is 13.3 Å². The van der Waals surface area contributed by atoms with E-state index in [1.807, 2.05) is 6.92 Å². The fourth-order valence-corrected chi connectivity index (χ4v) is 1.51. The van der Waals surface area contributed by atoms with E-state index in [4.69, 9.17) is 5.11 Å². The van der Waals surface area contributed by atoms with Gasteiger partial charge in [-0.25, -0.2) is 4.79 Å². The molecular weight excluding hydrogens is 184 g/mol. The van der Waals surface area contributed by atoms with Gasteiger partial charge in [0, 0.05) is 26.7 Å². The average molecular weight is 200 g/mol. The summed E-state index contributed by atoms with van der Waals surface area (Å²) in [4.78, 5) is 25.4. The number of hydrogen-bond donors (Lipinski definition) is 1. The summed E-state index contributed by atoms with van der Waals surface area (Å²) in [5, 5.41) is 8.76. The second kappa shape index (κ2) is 4.30. The van der Waals surface area contributed by atoms with Gasteiger partial charge < -0.3 is 14.9 Å². The smallest absolute Gasteiger partial charge is 0.319 e. The van der Waals surface area contributed by atoms with Gasteiger partial charge in [-0.15, -0.1) is 0 Å². The monoisotopic (exact) mass is 200 g/mol. The summed E-state index contributed by atoms with van der Waals surface area (Å²) in [6.45, 7) is 3.44. The van der Waals surface area contributed by atoms with Crippen LogP contribution in [0, 0.1) is 5.92 Å². The lowest BCUT2D eigenvalue weighted by Crippen LogP contribution is -2.40. The Hall–Kier alpha value is -1.26. The minimum absolute atomic E-state index is 0.0729. The van der Waals surface area contributed by atoms with Crippen molar-refractivity contribution in [1.29, 1.82) is 0 Å². The zero-order valence-corrected chi connectivity index (χ0v) is 8.56. The highest BCUT2D eigenvalue weighted by Gasteiger charge is 2.31. The third-order valence-corrected chi connectivity index (χ3v) is 2.61. The fourth-order valence-electron chi connectivity index (χ4n) is 1.51. The highest BCUT2D eigenvalue weighted by Crippen LogP contribution is 2.17. The molecule has 1 rings (SSSR count). The molecule has 0 aromatic carbocycles. The summed E-state index contributed by atoms with van der Waals surface area (Å²) in [6.07, 6.45) is 0.568. The van der Waals surface area contributed by atoms with Crippen LogP contribution in [0.3, 0.4) is 0 Å². The van der Waals surface area contributed by atoms with Crippen molar-refractivity contribution in [2.45, 2.75) is 13.3 Å². The van der Waals surface area contributed by atoms with Gasteiger partial charge in [-0.1, -0.05) is 0 Å². The van der Waals surface area contributed by atoms with E-state index >= 15 is 0 Å². The van der Waals surface area contributed by atoms with Crippen LogP contribution < -0.4 is 0 Å². The van der Waals surface area contributed by atoms with E-state index in [2.05, 4.69) is 0 Å². The van der Waals surface area contributed by atoms with Crippen molar-refractivity contribution in [3.05, 3.63) is 0 Å². The SMILES string of the molecule is CCN(C)C(=O)N1CCC(C(=O)O)C1. The number of aliphatic carboxylic acids is 1. The average Bonchev–Trinajstić information content (AvgIpc) is 2.64. The molecule has 80 valence electrons. The maximum Gasteiger partial charge on any atom is 0.319 e. The molecule has 14 heavy (non-hydrogen) atoms. The number of urea groups is 1. The molecule has 0 spiro atoms. The zero-order chi connectivity index (χ0) is 10.7. The Bertz CT molecular complexity index is 242. The lowest BCUT2D eigenvalue weighted by Gasteiger charge is -2.23. The number of carboxylic acids is 1. The molecule has 1 aliphatic heterocycles. The predicted molar refractivity (Wildman–Crippen MR) is 51.0 cm³/mol. The molecule has 0 radical (unpaired) electrons. The number of hydrogen-bond acceptors (Lipinski definition) is 2. The second-order valence-corrected chi connectivity index (χ2v) is 3.57. The maximum absolute atomic E-state index is 11.6. The molecule has 5 nitrogen and oxygen atoms in total. The highest BCUT2D eigenvalue weighted by molar-refractivity contribution is 5.77. The van der Waals surface area contributed by atoms with Crippen molar-refractivity contribution in [2.75, 3.05) is 26.7 Å². The van der Waals surface area contributed by atoms with Crippen LogP contribution >= 0.6 is 0 Å². The first-order valence-corrected chi connectivity index (χ1v) is 4.79. The van der Waals surface area contributed by atoms with E-state index in [1.54, 1.807) is 16.8 Å². The third kappa shape index (κ3) is 2.16. The molecule has 1 fully saturated rings. The van der Waals surface area contributed by atoms with Crippen LogP contribution in [0.1, 0.15) is 13.3 Å². The Morgan fingerprint density at radius 1 is 1.57 bits per heavy atom. The Labute approximate surface area is 83.3 Å². The van der Waals surface area contributed by atoms with Crippen molar-refractivity contribution >= 4 is 12.0 Å². The van der Waals surface area contributed by atoms with E-state index in [9.17, 15) is 9.59 Å². The topological polar surface area (TPSA) is 60.9 Å². The third-order valence-electron chi connectivity index (χ3n) is 2.61. The molecule has 2 amide bonds.